The summed E-state index contributed by atoms with van der Waals surface area (Å²) >= 11 is 3.44. The topological polar surface area (TPSA) is 52.5 Å². The van der Waals surface area contributed by atoms with Gasteiger partial charge in [-0.05, 0) is 43.4 Å². The van der Waals surface area contributed by atoms with E-state index in [1.54, 1.807) is 6.92 Å². The number of aliphatic hydroxyl groups is 2. The molecule has 1 unspecified atom stereocenters. The summed E-state index contributed by atoms with van der Waals surface area (Å²) in [5.74, 6) is 0.620. The van der Waals surface area contributed by atoms with Crippen molar-refractivity contribution >= 4 is 15.9 Å². The van der Waals surface area contributed by atoms with Crippen molar-refractivity contribution in [1.82, 2.24) is 5.32 Å². The van der Waals surface area contributed by atoms with Crippen molar-refractivity contribution in [3.63, 3.8) is 0 Å². The van der Waals surface area contributed by atoms with Crippen LogP contribution >= 0.6 is 15.9 Å². The zero-order chi connectivity index (χ0) is 13.2. The largest absolute Gasteiger partial charge is 0.393 e. The van der Waals surface area contributed by atoms with E-state index in [1.165, 1.54) is 5.56 Å². The van der Waals surface area contributed by atoms with E-state index in [0.717, 1.165) is 17.3 Å². The molecule has 1 aromatic carbocycles. The molecular formula is C14H20BrNO2. The van der Waals surface area contributed by atoms with Gasteiger partial charge in [0.25, 0.3) is 0 Å². The van der Waals surface area contributed by atoms with Crippen LogP contribution in [0.4, 0.5) is 0 Å². The highest BCUT2D eigenvalue weighted by Crippen LogP contribution is 2.37. The number of aliphatic hydroxyl groups excluding tert-OH is 1. The van der Waals surface area contributed by atoms with E-state index in [2.05, 4.69) is 45.5 Å². The molecule has 3 N–H and O–H groups in total. The molecule has 1 aromatic rings. The Kier molecular flexibility index (Phi) is 4.43. The molecule has 0 amide bonds. The lowest BCUT2D eigenvalue weighted by molar-refractivity contribution is -0.00185. The number of rotatable bonds is 5. The smallest absolute Gasteiger partial charge is 0.0972 e. The van der Waals surface area contributed by atoms with Gasteiger partial charge >= 0.3 is 0 Å². The van der Waals surface area contributed by atoms with Crippen LogP contribution in [0, 0.1) is 0 Å². The Hall–Kier alpha value is -0.420. The van der Waals surface area contributed by atoms with Gasteiger partial charge in [-0.2, -0.15) is 0 Å². The Morgan fingerprint density at radius 2 is 1.94 bits per heavy atom. The summed E-state index contributed by atoms with van der Waals surface area (Å²) in [7, 11) is 0. The first-order chi connectivity index (χ1) is 8.50. The average molecular weight is 314 g/mol. The molecular weight excluding hydrogens is 294 g/mol. The molecule has 1 aliphatic carbocycles. The molecule has 3 nitrogen and oxygen atoms in total. The number of benzene rings is 1. The van der Waals surface area contributed by atoms with E-state index in [-0.39, 0.29) is 6.61 Å². The van der Waals surface area contributed by atoms with E-state index in [1.807, 2.05) is 0 Å². The molecule has 18 heavy (non-hydrogen) atoms. The maximum absolute atomic E-state index is 9.69. The van der Waals surface area contributed by atoms with Gasteiger partial charge in [-0.3, -0.25) is 0 Å². The SMILES string of the molecule is CC(O)(CO)CNC1CC(c2ccc(Br)cc2)C1. The minimum Gasteiger partial charge on any atom is -0.393 e. The highest BCUT2D eigenvalue weighted by molar-refractivity contribution is 9.10. The normalized spacial score (nSPS) is 26.4. The molecule has 1 aliphatic rings. The van der Waals surface area contributed by atoms with Crippen LogP contribution in [-0.4, -0.2) is 35.0 Å². The first-order valence-corrected chi connectivity index (χ1v) is 7.11. The monoisotopic (exact) mass is 313 g/mol. The van der Waals surface area contributed by atoms with Gasteiger partial charge in [0.15, 0.2) is 0 Å². The summed E-state index contributed by atoms with van der Waals surface area (Å²) in [6.45, 7) is 1.88. The number of halogens is 1. The van der Waals surface area contributed by atoms with Crippen LogP contribution in [0.2, 0.25) is 0 Å². The van der Waals surface area contributed by atoms with Gasteiger partial charge in [0.1, 0.15) is 0 Å². The Bertz CT molecular complexity index is 385. The second-order valence-electron chi connectivity index (χ2n) is 5.45. The lowest BCUT2D eigenvalue weighted by Gasteiger charge is -2.38. The molecule has 1 saturated carbocycles. The maximum atomic E-state index is 9.69. The highest BCUT2D eigenvalue weighted by atomic mass is 79.9. The second kappa shape index (κ2) is 5.70. The number of hydrogen-bond donors (Lipinski definition) is 3. The standard InChI is InChI=1S/C14H20BrNO2/c1-14(18,9-17)8-16-13-6-11(7-13)10-2-4-12(15)5-3-10/h2-5,11,13,16-18H,6-9H2,1H3. The molecule has 0 aromatic heterocycles. The van der Waals surface area contributed by atoms with E-state index in [4.69, 9.17) is 5.11 Å². The van der Waals surface area contributed by atoms with Crippen LogP contribution in [0.15, 0.2) is 28.7 Å². The molecule has 1 fully saturated rings. The van der Waals surface area contributed by atoms with Crippen LogP contribution in [0.25, 0.3) is 0 Å². The average Bonchev–Trinajstić information content (AvgIpc) is 2.29. The molecule has 100 valence electrons. The van der Waals surface area contributed by atoms with Crippen LogP contribution in [0.3, 0.4) is 0 Å². The lowest BCUT2D eigenvalue weighted by atomic mass is 9.76. The summed E-state index contributed by atoms with van der Waals surface area (Å²) < 4.78 is 1.11. The third-order valence-corrected chi connectivity index (χ3v) is 4.12. The molecule has 0 aliphatic heterocycles. The fourth-order valence-corrected chi connectivity index (χ4v) is 2.48. The van der Waals surface area contributed by atoms with Gasteiger partial charge in [0, 0.05) is 17.1 Å². The van der Waals surface area contributed by atoms with Crippen molar-refractivity contribution < 1.29 is 10.2 Å². The van der Waals surface area contributed by atoms with Crippen LogP contribution < -0.4 is 5.32 Å². The summed E-state index contributed by atoms with van der Waals surface area (Å²) in [5.41, 5.74) is 0.369. The first-order valence-electron chi connectivity index (χ1n) is 6.32. The van der Waals surface area contributed by atoms with Crippen molar-refractivity contribution in [2.45, 2.75) is 37.3 Å². The number of nitrogens with one attached hydrogen (secondary N) is 1. The van der Waals surface area contributed by atoms with Crippen LogP contribution in [0.1, 0.15) is 31.2 Å². The molecule has 2 rings (SSSR count). The predicted octanol–water partition coefficient (Wildman–Crippen LogP) is 2.03. The van der Waals surface area contributed by atoms with E-state index in [9.17, 15) is 5.11 Å². The van der Waals surface area contributed by atoms with E-state index >= 15 is 0 Å². The van der Waals surface area contributed by atoms with Gasteiger partial charge in [-0.15, -0.1) is 0 Å². The molecule has 0 heterocycles. The van der Waals surface area contributed by atoms with Crippen LogP contribution in [-0.2, 0) is 0 Å². The van der Waals surface area contributed by atoms with Gasteiger partial charge in [0.05, 0.1) is 12.2 Å². The highest BCUT2D eigenvalue weighted by Gasteiger charge is 2.31. The van der Waals surface area contributed by atoms with Crippen molar-refractivity contribution in [3.05, 3.63) is 34.3 Å². The predicted molar refractivity (Wildman–Crippen MR) is 75.6 cm³/mol. The van der Waals surface area contributed by atoms with Gasteiger partial charge in [-0.25, -0.2) is 0 Å². The summed E-state index contributed by atoms with van der Waals surface area (Å²) in [6.07, 6.45) is 2.20. The maximum Gasteiger partial charge on any atom is 0.0972 e. The molecule has 0 bridgehead atoms. The number of hydrogen-bond acceptors (Lipinski definition) is 3. The summed E-state index contributed by atoms with van der Waals surface area (Å²) in [4.78, 5) is 0. The summed E-state index contributed by atoms with van der Waals surface area (Å²) in [6, 6.07) is 8.93. The Morgan fingerprint density at radius 3 is 2.50 bits per heavy atom. The molecule has 1 atom stereocenters. The van der Waals surface area contributed by atoms with Gasteiger partial charge < -0.3 is 15.5 Å². The van der Waals surface area contributed by atoms with E-state index in [0.29, 0.717) is 18.5 Å². The van der Waals surface area contributed by atoms with Crippen molar-refractivity contribution in [2.24, 2.45) is 0 Å². The molecule has 0 radical (unpaired) electrons. The molecule has 4 heteroatoms. The molecule has 0 saturated heterocycles. The van der Waals surface area contributed by atoms with Gasteiger partial charge in [0.2, 0.25) is 0 Å². The second-order valence-corrected chi connectivity index (χ2v) is 6.37. The minimum absolute atomic E-state index is 0.205. The fourth-order valence-electron chi connectivity index (χ4n) is 2.21. The first kappa shape index (κ1) is 14.0. The zero-order valence-corrected chi connectivity index (χ0v) is 12.2. The molecule has 0 spiro atoms. The van der Waals surface area contributed by atoms with Gasteiger partial charge in [-0.1, -0.05) is 28.1 Å². The quantitative estimate of drug-likeness (QED) is 0.779. The Morgan fingerprint density at radius 1 is 1.33 bits per heavy atom. The van der Waals surface area contributed by atoms with Crippen molar-refractivity contribution in [3.8, 4) is 0 Å². The fraction of sp³-hybridized carbons (Fsp3) is 0.571. The van der Waals surface area contributed by atoms with E-state index < -0.39 is 5.60 Å². The Labute approximate surface area is 116 Å². The van der Waals surface area contributed by atoms with Crippen molar-refractivity contribution in [2.75, 3.05) is 13.2 Å². The Balaban J connectivity index is 1.75. The lowest BCUT2D eigenvalue weighted by Crippen LogP contribution is -2.48. The van der Waals surface area contributed by atoms with Crippen molar-refractivity contribution in [1.29, 1.82) is 0 Å². The van der Waals surface area contributed by atoms with Crippen LogP contribution in [0.5, 0.6) is 0 Å². The summed E-state index contributed by atoms with van der Waals surface area (Å²) in [5, 5.41) is 21.9. The third kappa shape index (κ3) is 3.54. The zero-order valence-electron chi connectivity index (χ0n) is 10.6. The third-order valence-electron chi connectivity index (χ3n) is 3.59. The minimum atomic E-state index is -1.01.